The van der Waals surface area contributed by atoms with E-state index in [9.17, 15) is 4.79 Å². The van der Waals surface area contributed by atoms with E-state index in [1.54, 1.807) is 4.52 Å². The number of fused-ring (bicyclic) bond motifs is 1. The number of hydrogen-bond donors (Lipinski definition) is 1. The van der Waals surface area contributed by atoms with E-state index >= 15 is 0 Å². The zero-order valence-corrected chi connectivity index (χ0v) is 15.1. The fraction of sp³-hybridized carbons (Fsp3) is 0.250. The zero-order valence-electron chi connectivity index (χ0n) is 13.3. The lowest BCUT2D eigenvalue weighted by Gasteiger charge is -2.06. The van der Waals surface area contributed by atoms with Crippen LogP contribution >= 0.6 is 20.4 Å². The van der Waals surface area contributed by atoms with Crippen LogP contribution in [-0.4, -0.2) is 40.4 Å². The monoisotopic (exact) mass is 365 g/mol. The Balaban J connectivity index is 2.02. The Bertz CT molecular complexity index is 860. The molecule has 3 rings (SSSR count). The third kappa shape index (κ3) is 3.18. The second kappa shape index (κ2) is 7.34. The first-order chi connectivity index (χ1) is 11.6. The summed E-state index contributed by atoms with van der Waals surface area (Å²) in [6.07, 6.45) is 0. The molecular weight excluding hydrogens is 349 g/mol. The molecule has 0 radical (unpaired) electrons. The lowest BCUT2D eigenvalue weighted by atomic mass is 10.1. The van der Waals surface area contributed by atoms with Gasteiger partial charge in [0.1, 0.15) is 17.3 Å². The van der Waals surface area contributed by atoms with Gasteiger partial charge in [0.2, 0.25) is 0 Å². The van der Waals surface area contributed by atoms with Gasteiger partial charge in [0.25, 0.3) is 0 Å². The number of esters is 1. The van der Waals surface area contributed by atoms with Crippen molar-refractivity contribution in [3.8, 4) is 11.3 Å². The van der Waals surface area contributed by atoms with E-state index in [4.69, 9.17) is 20.9 Å². The van der Waals surface area contributed by atoms with Crippen molar-refractivity contribution in [1.82, 2.24) is 14.6 Å². The van der Waals surface area contributed by atoms with E-state index in [1.807, 2.05) is 43.9 Å². The van der Waals surface area contributed by atoms with Crippen molar-refractivity contribution in [3.05, 3.63) is 46.7 Å². The molecule has 0 saturated heterocycles. The molecule has 2 aromatic heterocycles. The molecule has 24 heavy (non-hydrogen) atoms. The highest BCUT2D eigenvalue weighted by molar-refractivity contribution is 7.31. The maximum Gasteiger partial charge on any atom is 0.359 e. The van der Waals surface area contributed by atoms with Crippen LogP contribution in [0.5, 0.6) is 0 Å². The van der Waals surface area contributed by atoms with Gasteiger partial charge in [-0.05, 0) is 13.6 Å². The van der Waals surface area contributed by atoms with E-state index in [0.717, 1.165) is 11.3 Å². The van der Waals surface area contributed by atoms with E-state index in [1.165, 1.54) is 0 Å². The Labute approximate surface area is 146 Å². The highest BCUT2D eigenvalue weighted by atomic mass is 35.5. The molecule has 1 N–H and O–H groups in total. The molecule has 2 heterocycles. The fourth-order valence-electron chi connectivity index (χ4n) is 2.41. The molecule has 0 bridgehead atoms. The molecule has 1 aromatic carbocycles. The molecule has 3 aromatic rings. The summed E-state index contributed by atoms with van der Waals surface area (Å²) in [4.78, 5) is 16.9. The molecule has 6 nitrogen and oxygen atoms in total. The average molecular weight is 366 g/mol. The van der Waals surface area contributed by atoms with E-state index in [2.05, 4.69) is 10.1 Å². The summed E-state index contributed by atoms with van der Waals surface area (Å²) in [5.74, 6) is -0.497. The number of aromatic nitrogens is 3. The number of nitrogens with one attached hydrogen (secondary N) is 1. The second-order valence-electron chi connectivity index (χ2n) is 5.07. The van der Waals surface area contributed by atoms with Crippen molar-refractivity contribution in [2.75, 3.05) is 19.9 Å². The molecule has 1 atom stereocenters. The quantitative estimate of drug-likeness (QED) is 0.411. The molecule has 0 aliphatic heterocycles. The van der Waals surface area contributed by atoms with Gasteiger partial charge in [-0.1, -0.05) is 41.9 Å². The summed E-state index contributed by atoms with van der Waals surface area (Å²) >= 11 is 6.28. The Morgan fingerprint density at radius 1 is 1.33 bits per heavy atom. The van der Waals surface area contributed by atoms with Crippen LogP contribution in [0.2, 0.25) is 5.02 Å². The van der Waals surface area contributed by atoms with Crippen molar-refractivity contribution in [3.63, 3.8) is 0 Å². The first kappa shape index (κ1) is 17.0. The lowest BCUT2D eigenvalue weighted by molar-refractivity contribution is 0.0454. The first-order valence-electron chi connectivity index (χ1n) is 7.41. The van der Waals surface area contributed by atoms with E-state index in [0.29, 0.717) is 31.8 Å². The highest BCUT2D eigenvalue weighted by Gasteiger charge is 2.24. The predicted octanol–water partition coefficient (Wildman–Crippen LogP) is 3.69. The highest BCUT2D eigenvalue weighted by Crippen LogP contribution is 2.30. The third-order valence-corrected chi connectivity index (χ3v) is 4.43. The molecule has 0 saturated carbocycles. The number of aryl methyl sites for hydroxylation is 1. The second-order valence-corrected chi connectivity index (χ2v) is 6.15. The number of carbonyl (C=O) groups is 1. The van der Waals surface area contributed by atoms with Crippen molar-refractivity contribution in [2.24, 2.45) is 0 Å². The van der Waals surface area contributed by atoms with Crippen LogP contribution in [0.1, 0.15) is 16.2 Å². The van der Waals surface area contributed by atoms with Crippen molar-refractivity contribution in [1.29, 1.82) is 0 Å². The maximum atomic E-state index is 12.5. The number of hydrogen-bond acceptors (Lipinski definition) is 4. The van der Waals surface area contributed by atoms with Crippen LogP contribution in [-0.2, 0) is 9.26 Å². The van der Waals surface area contributed by atoms with Crippen molar-refractivity contribution in [2.45, 2.75) is 6.92 Å². The molecule has 1 unspecified atom stereocenters. The number of imidazole rings is 1. The summed E-state index contributed by atoms with van der Waals surface area (Å²) in [6, 6.07) is 9.53. The standard InChI is InChI=1S/C16H17ClN3O3P/c1-10-12(17)15-18-13(16(21)22-8-9-23-24-2)14(20(15)19-10)11-6-4-3-5-7-11/h3-7,19,24H,8-9H2,1-2H3. The molecule has 0 aliphatic carbocycles. The normalized spacial score (nSPS) is 11.6. The van der Waals surface area contributed by atoms with Crippen LogP contribution in [0.3, 0.4) is 0 Å². The van der Waals surface area contributed by atoms with Gasteiger partial charge < -0.3 is 9.26 Å². The van der Waals surface area contributed by atoms with Crippen LogP contribution in [0.4, 0.5) is 0 Å². The molecule has 0 amide bonds. The summed E-state index contributed by atoms with van der Waals surface area (Å²) < 4.78 is 12.2. The van der Waals surface area contributed by atoms with Gasteiger partial charge in [-0.15, -0.1) is 0 Å². The number of nitrogens with zero attached hydrogens (tertiary/aromatic N) is 2. The van der Waals surface area contributed by atoms with Gasteiger partial charge in [0.05, 0.1) is 12.3 Å². The SMILES string of the molecule is CPOCCOC(=O)c1nc2c(Cl)c(C)[nH]n2c1-c1ccccc1. The van der Waals surface area contributed by atoms with Gasteiger partial charge in [-0.25, -0.2) is 14.3 Å². The van der Waals surface area contributed by atoms with Gasteiger partial charge in [-0.3, -0.25) is 5.10 Å². The molecular formula is C16H17ClN3O3P. The Hall–Kier alpha value is -1.88. The van der Waals surface area contributed by atoms with Crippen molar-refractivity contribution < 1.29 is 14.1 Å². The maximum absolute atomic E-state index is 12.5. The van der Waals surface area contributed by atoms with Crippen LogP contribution in [0.25, 0.3) is 16.9 Å². The molecule has 8 heteroatoms. The average Bonchev–Trinajstić information content (AvgIpc) is 3.09. The number of halogens is 1. The van der Waals surface area contributed by atoms with Crippen LogP contribution < -0.4 is 0 Å². The summed E-state index contributed by atoms with van der Waals surface area (Å²) in [6.45, 7) is 4.32. The van der Waals surface area contributed by atoms with E-state index < -0.39 is 5.97 Å². The molecule has 0 aliphatic rings. The molecule has 0 spiro atoms. The number of aromatic amines is 1. The van der Waals surface area contributed by atoms with Gasteiger partial charge in [-0.2, -0.15) is 0 Å². The fourth-order valence-corrected chi connectivity index (χ4v) is 2.87. The number of carbonyl (C=O) groups excluding carboxylic acids is 1. The zero-order chi connectivity index (χ0) is 17.1. The van der Waals surface area contributed by atoms with Crippen molar-refractivity contribution >= 4 is 32.0 Å². The van der Waals surface area contributed by atoms with Gasteiger partial charge in [0, 0.05) is 14.4 Å². The Morgan fingerprint density at radius 3 is 2.79 bits per heavy atom. The van der Waals surface area contributed by atoms with E-state index in [-0.39, 0.29) is 12.3 Å². The first-order valence-corrected chi connectivity index (χ1v) is 9.19. The molecule has 126 valence electrons. The number of rotatable bonds is 6. The summed E-state index contributed by atoms with van der Waals surface area (Å²) in [5.41, 5.74) is 3.00. The summed E-state index contributed by atoms with van der Waals surface area (Å²) in [7, 11) is 0.363. The minimum atomic E-state index is -0.497. The minimum Gasteiger partial charge on any atom is -0.458 e. The number of ether oxygens (including phenoxy) is 1. The minimum absolute atomic E-state index is 0.187. The smallest absolute Gasteiger partial charge is 0.359 e. The topological polar surface area (TPSA) is 68.6 Å². The Morgan fingerprint density at radius 2 is 2.08 bits per heavy atom. The van der Waals surface area contributed by atoms with Gasteiger partial charge >= 0.3 is 5.97 Å². The van der Waals surface area contributed by atoms with Gasteiger partial charge in [0.15, 0.2) is 11.3 Å². The van der Waals surface area contributed by atoms with Crippen LogP contribution in [0.15, 0.2) is 30.3 Å². The number of H-pyrrole nitrogens is 1. The third-order valence-electron chi connectivity index (χ3n) is 3.49. The number of benzene rings is 1. The summed E-state index contributed by atoms with van der Waals surface area (Å²) in [5, 5.41) is 3.62. The predicted molar refractivity (Wildman–Crippen MR) is 95.2 cm³/mol. The van der Waals surface area contributed by atoms with Crippen LogP contribution in [0, 0.1) is 6.92 Å². The Kier molecular flexibility index (Phi) is 5.19. The lowest BCUT2D eigenvalue weighted by Crippen LogP contribution is -2.11. The molecule has 0 fully saturated rings. The largest absolute Gasteiger partial charge is 0.458 e.